The predicted octanol–water partition coefficient (Wildman–Crippen LogP) is 5.06. The van der Waals surface area contributed by atoms with E-state index in [0.29, 0.717) is 45.3 Å². The minimum atomic E-state index is -0.471. The molecular formula is C21H15Cl2N3O4. The van der Waals surface area contributed by atoms with Gasteiger partial charge in [-0.3, -0.25) is 24.6 Å². The van der Waals surface area contributed by atoms with E-state index >= 15 is 0 Å². The van der Waals surface area contributed by atoms with Crippen LogP contribution in [0.4, 0.5) is 5.69 Å². The molecule has 0 fully saturated rings. The van der Waals surface area contributed by atoms with Gasteiger partial charge in [-0.1, -0.05) is 41.4 Å². The molecule has 9 heteroatoms. The summed E-state index contributed by atoms with van der Waals surface area (Å²) >= 11 is 12.1. The highest BCUT2D eigenvalue weighted by Gasteiger charge is 2.34. The molecule has 0 N–H and O–H groups in total. The molecule has 0 saturated carbocycles. The third-order valence-corrected chi connectivity index (χ3v) is 5.50. The quantitative estimate of drug-likeness (QED) is 0.302. The van der Waals surface area contributed by atoms with E-state index in [1.165, 1.54) is 17.2 Å². The Morgan fingerprint density at radius 3 is 2.13 bits per heavy atom. The maximum Gasteiger partial charge on any atom is 0.294 e. The van der Waals surface area contributed by atoms with Crippen molar-refractivity contribution in [1.29, 1.82) is 0 Å². The molecule has 2 aromatic carbocycles. The maximum absolute atomic E-state index is 12.4. The van der Waals surface area contributed by atoms with Crippen LogP contribution < -0.4 is 0 Å². The van der Waals surface area contributed by atoms with Gasteiger partial charge in [0.2, 0.25) is 0 Å². The molecule has 1 aliphatic heterocycles. The Kier molecular flexibility index (Phi) is 5.32. The van der Waals surface area contributed by atoms with Crippen molar-refractivity contribution in [2.24, 2.45) is 0 Å². The zero-order valence-corrected chi connectivity index (χ0v) is 17.1. The van der Waals surface area contributed by atoms with Crippen LogP contribution in [-0.2, 0) is 6.54 Å². The number of fused-ring (bicyclic) bond motifs is 1. The number of nitrogens with zero attached hydrogens (tertiary/aromatic N) is 3. The maximum atomic E-state index is 12.4. The largest absolute Gasteiger partial charge is 0.347 e. The molecule has 0 bridgehead atoms. The van der Waals surface area contributed by atoms with Crippen LogP contribution in [-0.4, -0.2) is 32.7 Å². The van der Waals surface area contributed by atoms with E-state index in [-0.39, 0.29) is 24.0 Å². The summed E-state index contributed by atoms with van der Waals surface area (Å²) in [6.45, 7) is 0.606. The minimum Gasteiger partial charge on any atom is -0.347 e. The van der Waals surface area contributed by atoms with Crippen molar-refractivity contribution in [2.45, 2.75) is 13.0 Å². The van der Waals surface area contributed by atoms with Crippen LogP contribution in [0.1, 0.15) is 27.1 Å². The number of hydrogen-bond acceptors (Lipinski definition) is 4. The SMILES string of the molecule is O=C1c2ccccc2C(=O)N1CCCn1cc(-c2ccc(Cl)cc2Cl)c([N+](=O)[O-])c1. The van der Waals surface area contributed by atoms with Crippen LogP contribution in [0.5, 0.6) is 0 Å². The summed E-state index contributed by atoms with van der Waals surface area (Å²) in [6, 6.07) is 11.5. The van der Waals surface area contributed by atoms with Crippen molar-refractivity contribution in [3.63, 3.8) is 0 Å². The van der Waals surface area contributed by atoms with Gasteiger partial charge in [0, 0.05) is 29.9 Å². The fourth-order valence-corrected chi connectivity index (χ4v) is 4.05. The number of aryl methyl sites for hydroxylation is 1. The van der Waals surface area contributed by atoms with Gasteiger partial charge in [0.25, 0.3) is 17.5 Å². The average molecular weight is 444 g/mol. The Labute approximate surface area is 181 Å². The summed E-state index contributed by atoms with van der Waals surface area (Å²) in [4.78, 5) is 37.1. The zero-order valence-electron chi connectivity index (χ0n) is 15.5. The molecule has 30 heavy (non-hydrogen) atoms. The second-order valence-electron chi connectivity index (χ2n) is 6.84. The minimum absolute atomic E-state index is 0.0834. The lowest BCUT2D eigenvalue weighted by Gasteiger charge is -2.13. The summed E-state index contributed by atoms with van der Waals surface area (Å²) in [5.74, 6) is -0.634. The number of imide groups is 1. The van der Waals surface area contributed by atoms with E-state index in [9.17, 15) is 19.7 Å². The van der Waals surface area contributed by atoms with Crippen molar-refractivity contribution in [3.8, 4) is 11.1 Å². The van der Waals surface area contributed by atoms with Gasteiger partial charge in [-0.2, -0.15) is 0 Å². The summed E-state index contributed by atoms with van der Waals surface area (Å²) in [5, 5.41) is 12.3. The predicted molar refractivity (Wildman–Crippen MR) is 113 cm³/mol. The average Bonchev–Trinajstić information content (AvgIpc) is 3.23. The van der Waals surface area contributed by atoms with E-state index in [1.807, 2.05) is 0 Å². The van der Waals surface area contributed by atoms with Crippen molar-refractivity contribution in [3.05, 3.63) is 86.1 Å². The molecule has 2 heterocycles. The first-order valence-electron chi connectivity index (χ1n) is 9.11. The van der Waals surface area contributed by atoms with Gasteiger partial charge < -0.3 is 4.57 Å². The number of amides is 2. The summed E-state index contributed by atoms with van der Waals surface area (Å²) in [7, 11) is 0. The molecule has 1 aromatic heterocycles. The van der Waals surface area contributed by atoms with E-state index in [2.05, 4.69) is 0 Å². The van der Waals surface area contributed by atoms with E-state index in [0.717, 1.165) is 0 Å². The van der Waals surface area contributed by atoms with Gasteiger partial charge in [-0.05, 0) is 30.7 Å². The second-order valence-corrected chi connectivity index (χ2v) is 7.68. The van der Waals surface area contributed by atoms with E-state index in [4.69, 9.17) is 23.2 Å². The van der Waals surface area contributed by atoms with Gasteiger partial charge in [0.05, 0.1) is 32.8 Å². The van der Waals surface area contributed by atoms with Crippen molar-refractivity contribution in [1.82, 2.24) is 9.47 Å². The standard InChI is InChI=1S/C21H15Cl2N3O4/c22-13-6-7-14(18(23)10-13)17-11-24(12-19(17)26(29)30)8-3-9-25-20(27)15-4-1-2-5-16(15)21(25)28/h1-2,4-7,10-12H,3,8-9H2. The molecule has 7 nitrogen and oxygen atoms in total. The smallest absolute Gasteiger partial charge is 0.294 e. The monoisotopic (exact) mass is 443 g/mol. The highest BCUT2D eigenvalue weighted by Crippen LogP contribution is 2.37. The summed E-state index contributed by atoms with van der Waals surface area (Å²) in [6.07, 6.45) is 3.50. The molecule has 3 aromatic rings. The van der Waals surface area contributed by atoms with Crippen molar-refractivity contribution < 1.29 is 14.5 Å². The zero-order chi connectivity index (χ0) is 21.4. The molecule has 0 spiro atoms. The normalized spacial score (nSPS) is 13.1. The van der Waals surface area contributed by atoms with Gasteiger partial charge in [0.1, 0.15) is 0 Å². The number of aromatic nitrogens is 1. The Balaban J connectivity index is 1.50. The Hall–Kier alpha value is -3.16. The fourth-order valence-electron chi connectivity index (χ4n) is 3.54. The van der Waals surface area contributed by atoms with Crippen LogP contribution in [0.2, 0.25) is 10.0 Å². The second kappa shape index (κ2) is 7.93. The number of hydrogen-bond donors (Lipinski definition) is 0. The Morgan fingerprint density at radius 1 is 0.867 bits per heavy atom. The lowest BCUT2D eigenvalue weighted by molar-refractivity contribution is -0.384. The first-order chi connectivity index (χ1) is 14.4. The van der Waals surface area contributed by atoms with Gasteiger partial charge >= 0.3 is 0 Å². The molecule has 152 valence electrons. The van der Waals surface area contributed by atoms with Crippen LogP contribution in [0.3, 0.4) is 0 Å². The van der Waals surface area contributed by atoms with Crippen molar-refractivity contribution >= 4 is 40.7 Å². The number of benzene rings is 2. The molecule has 4 rings (SSSR count). The third kappa shape index (κ3) is 3.58. The highest BCUT2D eigenvalue weighted by molar-refractivity contribution is 6.36. The lowest BCUT2D eigenvalue weighted by atomic mass is 10.1. The van der Waals surface area contributed by atoms with Crippen LogP contribution in [0, 0.1) is 10.1 Å². The first kappa shape index (κ1) is 20.1. The van der Waals surface area contributed by atoms with Gasteiger partial charge in [0.15, 0.2) is 0 Å². The van der Waals surface area contributed by atoms with Crippen LogP contribution >= 0.6 is 23.2 Å². The molecule has 1 aliphatic rings. The molecule has 0 saturated heterocycles. The number of rotatable bonds is 6. The lowest BCUT2D eigenvalue weighted by Crippen LogP contribution is -2.31. The Bertz CT molecular complexity index is 1150. The fraction of sp³-hybridized carbons (Fsp3) is 0.143. The van der Waals surface area contributed by atoms with Gasteiger partial charge in [-0.25, -0.2) is 0 Å². The van der Waals surface area contributed by atoms with E-state index in [1.54, 1.807) is 47.2 Å². The van der Waals surface area contributed by atoms with Crippen LogP contribution in [0.25, 0.3) is 11.1 Å². The summed E-state index contributed by atoms with van der Waals surface area (Å²) < 4.78 is 1.66. The number of carbonyl (C=O) groups is 2. The van der Waals surface area contributed by atoms with Crippen LogP contribution in [0.15, 0.2) is 54.9 Å². The first-order valence-corrected chi connectivity index (χ1v) is 9.87. The molecule has 0 atom stereocenters. The Morgan fingerprint density at radius 2 is 1.53 bits per heavy atom. The van der Waals surface area contributed by atoms with Gasteiger partial charge in [-0.15, -0.1) is 0 Å². The molecule has 2 amide bonds. The number of nitro groups is 1. The molecule has 0 radical (unpaired) electrons. The summed E-state index contributed by atoms with van der Waals surface area (Å²) in [5.41, 5.74) is 1.60. The highest BCUT2D eigenvalue weighted by atomic mass is 35.5. The molecular weight excluding hydrogens is 429 g/mol. The molecule has 0 aliphatic carbocycles. The molecule has 0 unspecified atom stereocenters. The number of halogens is 2. The number of carbonyl (C=O) groups excluding carboxylic acids is 2. The third-order valence-electron chi connectivity index (χ3n) is 4.95. The van der Waals surface area contributed by atoms with E-state index < -0.39 is 4.92 Å². The topological polar surface area (TPSA) is 85.5 Å². The van der Waals surface area contributed by atoms with Crippen molar-refractivity contribution in [2.75, 3.05) is 6.54 Å².